The molecule has 0 fully saturated rings. The first kappa shape index (κ1) is 11.2. The van der Waals surface area contributed by atoms with Crippen molar-refractivity contribution in [1.29, 1.82) is 0 Å². The van der Waals surface area contributed by atoms with E-state index in [1.807, 2.05) is 6.92 Å². The second kappa shape index (κ2) is 5.83. The molecule has 0 bridgehead atoms. The fraction of sp³-hybridized carbons (Fsp3) is 0.875. The van der Waals surface area contributed by atoms with Gasteiger partial charge in [-0.2, -0.15) is 5.06 Å². The Labute approximate surface area is 73.1 Å². The molecule has 1 amide bonds. The molecule has 12 heavy (non-hydrogen) atoms. The molecule has 0 saturated carbocycles. The van der Waals surface area contributed by atoms with E-state index in [9.17, 15) is 4.79 Å². The van der Waals surface area contributed by atoms with Gasteiger partial charge in [0.05, 0.1) is 0 Å². The smallest absolute Gasteiger partial charge is 0.433 e. The summed E-state index contributed by atoms with van der Waals surface area (Å²) in [7, 11) is 1.24. The highest BCUT2D eigenvalue weighted by Gasteiger charge is 2.11. The van der Waals surface area contributed by atoms with Crippen LogP contribution in [-0.4, -0.2) is 29.5 Å². The Kier molecular flexibility index (Phi) is 5.45. The Morgan fingerprint density at radius 3 is 2.67 bits per heavy atom. The van der Waals surface area contributed by atoms with E-state index in [4.69, 9.17) is 9.94 Å². The Morgan fingerprint density at radius 1 is 1.67 bits per heavy atom. The maximum Gasteiger partial charge on any atom is 0.433 e. The Hall–Kier alpha value is -0.770. The van der Waals surface area contributed by atoms with Gasteiger partial charge in [-0.25, -0.2) is 4.79 Å². The molecule has 0 aromatic heterocycles. The monoisotopic (exact) mass is 175 g/mol. The van der Waals surface area contributed by atoms with Gasteiger partial charge in [0.25, 0.3) is 0 Å². The molecule has 0 aliphatic carbocycles. The largest absolute Gasteiger partial charge is 0.445 e. The van der Waals surface area contributed by atoms with Crippen molar-refractivity contribution in [3.05, 3.63) is 0 Å². The normalized spacial score (nSPS) is 12.3. The lowest BCUT2D eigenvalue weighted by Crippen LogP contribution is -2.27. The van der Waals surface area contributed by atoms with Crippen LogP contribution in [0.25, 0.3) is 0 Å². The minimum atomic E-state index is -0.696. The summed E-state index contributed by atoms with van der Waals surface area (Å²) in [6, 6.07) is 0. The van der Waals surface area contributed by atoms with Crippen LogP contribution in [0.1, 0.15) is 33.1 Å². The summed E-state index contributed by atoms with van der Waals surface area (Å²) in [5.74, 6) is 0. The second-order valence-corrected chi connectivity index (χ2v) is 2.86. The summed E-state index contributed by atoms with van der Waals surface area (Å²) < 4.78 is 4.85. The number of carbonyl (C=O) groups excluding carboxylic acids is 1. The van der Waals surface area contributed by atoms with Gasteiger partial charge in [0.15, 0.2) is 0 Å². The lowest BCUT2D eigenvalue weighted by atomic mass is 10.2. The minimum Gasteiger partial charge on any atom is -0.445 e. The van der Waals surface area contributed by atoms with Crippen molar-refractivity contribution >= 4 is 6.09 Å². The third-order valence-electron chi connectivity index (χ3n) is 1.53. The number of hydrogen-bond acceptors (Lipinski definition) is 3. The lowest BCUT2D eigenvalue weighted by molar-refractivity contribution is -0.0630. The van der Waals surface area contributed by atoms with Crippen molar-refractivity contribution in [3.8, 4) is 0 Å². The second-order valence-electron chi connectivity index (χ2n) is 2.86. The van der Waals surface area contributed by atoms with E-state index in [-0.39, 0.29) is 6.10 Å². The molecular weight excluding hydrogens is 158 g/mol. The van der Waals surface area contributed by atoms with Gasteiger partial charge in [-0.3, -0.25) is 5.21 Å². The molecule has 0 radical (unpaired) electrons. The summed E-state index contributed by atoms with van der Waals surface area (Å²) in [6.07, 6.45) is 2.14. The van der Waals surface area contributed by atoms with E-state index in [2.05, 4.69) is 6.92 Å². The zero-order valence-electron chi connectivity index (χ0n) is 7.91. The van der Waals surface area contributed by atoms with Crippen molar-refractivity contribution in [2.24, 2.45) is 0 Å². The molecule has 0 rings (SSSR count). The van der Waals surface area contributed by atoms with E-state index < -0.39 is 6.09 Å². The Balaban J connectivity index is 3.54. The van der Waals surface area contributed by atoms with E-state index in [1.165, 1.54) is 7.05 Å². The van der Waals surface area contributed by atoms with E-state index >= 15 is 0 Å². The van der Waals surface area contributed by atoms with E-state index in [0.717, 1.165) is 19.3 Å². The summed E-state index contributed by atoms with van der Waals surface area (Å²) in [5.41, 5.74) is 0. The van der Waals surface area contributed by atoms with Gasteiger partial charge < -0.3 is 4.74 Å². The van der Waals surface area contributed by atoms with Gasteiger partial charge in [0, 0.05) is 7.05 Å². The van der Waals surface area contributed by atoms with Crippen molar-refractivity contribution in [2.75, 3.05) is 7.05 Å². The fourth-order valence-electron chi connectivity index (χ4n) is 0.799. The third kappa shape index (κ3) is 4.96. The predicted molar refractivity (Wildman–Crippen MR) is 45.0 cm³/mol. The first-order valence-corrected chi connectivity index (χ1v) is 4.21. The summed E-state index contributed by atoms with van der Waals surface area (Å²) in [6.45, 7) is 3.89. The van der Waals surface area contributed by atoms with Crippen LogP contribution in [-0.2, 0) is 4.74 Å². The summed E-state index contributed by atoms with van der Waals surface area (Å²) in [4.78, 5) is 10.8. The minimum absolute atomic E-state index is 0.118. The zero-order chi connectivity index (χ0) is 9.56. The topological polar surface area (TPSA) is 49.8 Å². The molecule has 1 N–H and O–H groups in total. The molecule has 0 aromatic carbocycles. The fourth-order valence-corrected chi connectivity index (χ4v) is 0.799. The first-order chi connectivity index (χ1) is 5.57. The SMILES string of the molecule is CCCCC(C)OC(=O)N(C)O. The standard InChI is InChI=1S/C8H17NO3/c1-4-5-6-7(2)12-8(10)9(3)11/h7,11H,4-6H2,1-3H3. The number of rotatable bonds is 4. The molecule has 0 aliphatic heterocycles. The van der Waals surface area contributed by atoms with E-state index in [0.29, 0.717) is 5.06 Å². The number of unbranched alkanes of at least 4 members (excludes halogenated alkanes) is 1. The van der Waals surface area contributed by atoms with Gasteiger partial charge in [-0.05, 0) is 13.3 Å². The zero-order valence-corrected chi connectivity index (χ0v) is 7.91. The van der Waals surface area contributed by atoms with Crippen molar-refractivity contribution in [2.45, 2.75) is 39.2 Å². The number of amides is 1. The molecule has 0 aliphatic rings. The van der Waals surface area contributed by atoms with Crippen LogP contribution < -0.4 is 0 Å². The van der Waals surface area contributed by atoms with Crippen LogP contribution in [0.3, 0.4) is 0 Å². The van der Waals surface area contributed by atoms with Crippen molar-refractivity contribution in [1.82, 2.24) is 5.06 Å². The molecule has 0 spiro atoms. The maximum absolute atomic E-state index is 10.8. The van der Waals surface area contributed by atoms with E-state index in [1.54, 1.807) is 0 Å². The van der Waals surface area contributed by atoms with Gasteiger partial charge >= 0.3 is 6.09 Å². The Morgan fingerprint density at radius 2 is 2.25 bits per heavy atom. The highest BCUT2D eigenvalue weighted by molar-refractivity contribution is 5.65. The highest BCUT2D eigenvalue weighted by atomic mass is 16.6. The molecular formula is C8H17NO3. The number of hydroxylamine groups is 2. The maximum atomic E-state index is 10.8. The van der Waals surface area contributed by atoms with Crippen LogP contribution in [0.15, 0.2) is 0 Å². The molecule has 1 atom stereocenters. The van der Waals surface area contributed by atoms with Crippen LogP contribution in [0, 0.1) is 0 Å². The molecule has 4 heteroatoms. The number of ether oxygens (including phenoxy) is 1. The first-order valence-electron chi connectivity index (χ1n) is 4.21. The number of hydrogen-bond donors (Lipinski definition) is 1. The van der Waals surface area contributed by atoms with Gasteiger partial charge in [-0.1, -0.05) is 19.8 Å². The van der Waals surface area contributed by atoms with Crippen molar-refractivity contribution < 1.29 is 14.7 Å². The molecule has 0 heterocycles. The van der Waals surface area contributed by atoms with Gasteiger partial charge in [0.1, 0.15) is 6.10 Å². The molecule has 72 valence electrons. The molecule has 4 nitrogen and oxygen atoms in total. The van der Waals surface area contributed by atoms with Gasteiger partial charge in [-0.15, -0.1) is 0 Å². The lowest BCUT2D eigenvalue weighted by Gasteiger charge is -2.15. The van der Waals surface area contributed by atoms with Crippen LogP contribution >= 0.6 is 0 Å². The van der Waals surface area contributed by atoms with Crippen LogP contribution in [0.5, 0.6) is 0 Å². The highest BCUT2D eigenvalue weighted by Crippen LogP contribution is 2.04. The molecule has 0 aromatic rings. The quantitative estimate of drug-likeness (QED) is 0.525. The molecule has 1 unspecified atom stereocenters. The summed E-state index contributed by atoms with van der Waals surface area (Å²) >= 11 is 0. The summed E-state index contributed by atoms with van der Waals surface area (Å²) in [5, 5.41) is 9.10. The predicted octanol–water partition coefficient (Wildman–Crippen LogP) is 2.02. The third-order valence-corrected chi connectivity index (χ3v) is 1.53. The molecule has 0 saturated heterocycles. The number of carbonyl (C=O) groups is 1. The average Bonchev–Trinajstić information content (AvgIpc) is 2.00. The van der Waals surface area contributed by atoms with Crippen LogP contribution in [0.4, 0.5) is 4.79 Å². The Bertz CT molecular complexity index is 136. The van der Waals surface area contributed by atoms with Gasteiger partial charge in [0.2, 0.25) is 0 Å². The van der Waals surface area contributed by atoms with Crippen LogP contribution in [0.2, 0.25) is 0 Å². The number of nitrogens with zero attached hydrogens (tertiary/aromatic N) is 1. The average molecular weight is 175 g/mol. The van der Waals surface area contributed by atoms with Crippen molar-refractivity contribution in [3.63, 3.8) is 0 Å².